The molecule has 1 heterocycles. The molecule has 0 aromatic heterocycles. The number of imide groups is 1. The largest absolute Gasteiger partial charge is 0.336 e. The van der Waals surface area contributed by atoms with E-state index in [2.05, 4.69) is 23.6 Å². The Balaban J connectivity index is 1.63. The predicted molar refractivity (Wildman–Crippen MR) is 94.8 cm³/mol. The Labute approximate surface area is 154 Å². The lowest BCUT2D eigenvalue weighted by molar-refractivity contribution is -0.136. The van der Waals surface area contributed by atoms with Crippen LogP contribution in [0.1, 0.15) is 71.1 Å². The highest BCUT2D eigenvalue weighted by molar-refractivity contribution is 6.09. The number of hydrogen-bond acceptors (Lipinski definition) is 4. The van der Waals surface area contributed by atoms with Gasteiger partial charge in [-0.25, -0.2) is 4.79 Å². The Kier molecular flexibility index (Phi) is 5.22. The van der Waals surface area contributed by atoms with Crippen molar-refractivity contribution in [2.45, 2.75) is 82.2 Å². The van der Waals surface area contributed by atoms with Crippen LogP contribution >= 0.6 is 0 Å². The van der Waals surface area contributed by atoms with Crippen molar-refractivity contribution >= 4 is 17.8 Å². The highest BCUT2D eigenvalue weighted by Gasteiger charge is 2.52. The summed E-state index contributed by atoms with van der Waals surface area (Å²) in [4.78, 5) is 38.7. The summed E-state index contributed by atoms with van der Waals surface area (Å²) in [7, 11) is 0. The minimum atomic E-state index is -0.856. The van der Waals surface area contributed by atoms with E-state index in [1.54, 1.807) is 0 Å². The maximum absolute atomic E-state index is 12.9. The van der Waals surface area contributed by atoms with Crippen molar-refractivity contribution in [1.29, 1.82) is 5.26 Å². The minimum Gasteiger partial charge on any atom is -0.336 e. The van der Waals surface area contributed by atoms with Crippen LogP contribution in [0.3, 0.4) is 0 Å². The number of hydrogen-bond donors (Lipinski definition) is 2. The number of carbonyl (C=O) groups excluding carboxylic acids is 3. The molecule has 1 aliphatic heterocycles. The molecule has 0 unspecified atom stereocenters. The van der Waals surface area contributed by atoms with Gasteiger partial charge < -0.3 is 10.6 Å². The van der Waals surface area contributed by atoms with Crippen LogP contribution in [0.5, 0.6) is 0 Å². The molecule has 2 saturated carbocycles. The maximum Gasteiger partial charge on any atom is 0.325 e. The number of carbonyl (C=O) groups is 3. The summed E-state index contributed by atoms with van der Waals surface area (Å²) in [6.07, 6.45) is 8.30. The predicted octanol–water partition coefficient (Wildman–Crippen LogP) is 2.22. The van der Waals surface area contributed by atoms with E-state index in [4.69, 9.17) is 0 Å². The van der Waals surface area contributed by atoms with Gasteiger partial charge in [0.05, 0.1) is 6.07 Å². The Morgan fingerprint density at radius 3 is 2.46 bits per heavy atom. The summed E-state index contributed by atoms with van der Waals surface area (Å²) in [6, 6.07) is 1.74. The van der Waals surface area contributed by atoms with Gasteiger partial charge in [0.2, 0.25) is 5.91 Å². The topological polar surface area (TPSA) is 102 Å². The summed E-state index contributed by atoms with van der Waals surface area (Å²) >= 11 is 0. The second kappa shape index (κ2) is 7.26. The van der Waals surface area contributed by atoms with Crippen molar-refractivity contribution < 1.29 is 14.4 Å². The first-order valence-corrected chi connectivity index (χ1v) is 9.80. The molecule has 4 amide bonds. The van der Waals surface area contributed by atoms with E-state index in [-0.39, 0.29) is 12.5 Å². The fraction of sp³-hybridized carbons (Fsp3) is 0.789. The van der Waals surface area contributed by atoms with Crippen LogP contribution in [0.4, 0.5) is 4.79 Å². The van der Waals surface area contributed by atoms with Gasteiger partial charge in [0.1, 0.15) is 17.6 Å². The van der Waals surface area contributed by atoms with E-state index in [0.717, 1.165) is 43.4 Å². The van der Waals surface area contributed by atoms with Gasteiger partial charge in [-0.05, 0) is 44.4 Å². The SMILES string of the molecule is CCC1CCC2(CC1)NC(=O)N(CC(=O)NC1(C#N)CCCCC1)C2=O. The lowest BCUT2D eigenvalue weighted by Crippen LogP contribution is -2.53. The highest BCUT2D eigenvalue weighted by Crippen LogP contribution is 2.37. The van der Waals surface area contributed by atoms with Crippen LogP contribution in [0, 0.1) is 17.2 Å². The van der Waals surface area contributed by atoms with Crippen molar-refractivity contribution in [1.82, 2.24) is 15.5 Å². The molecule has 7 nitrogen and oxygen atoms in total. The Morgan fingerprint density at radius 2 is 1.88 bits per heavy atom. The third kappa shape index (κ3) is 3.42. The van der Waals surface area contributed by atoms with E-state index < -0.39 is 23.0 Å². The van der Waals surface area contributed by atoms with Crippen LogP contribution in [-0.4, -0.2) is 40.4 Å². The average Bonchev–Trinajstić information content (AvgIpc) is 2.87. The number of amides is 4. The van der Waals surface area contributed by atoms with Crippen LogP contribution < -0.4 is 10.6 Å². The van der Waals surface area contributed by atoms with Gasteiger partial charge in [0, 0.05) is 0 Å². The maximum atomic E-state index is 12.9. The van der Waals surface area contributed by atoms with E-state index in [0.29, 0.717) is 31.6 Å². The van der Waals surface area contributed by atoms with Gasteiger partial charge in [-0.3, -0.25) is 14.5 Å². The smallest absolute Gasteiger partial charge is 0.325 e. The van der Waals surface area contributed by atoms with Gasteiger partial charge >= 0.3 is 6.03 Å². The number of rotatable bonds is 4. The van der Waals surface area contributed by atoms with Gasteiger partial charge in [0.15, 0.2) is 0 Å². The third-order valence-electron chi connectivity index (χ3n) is 6.38. The Bertz CT molecular complexity index is 625. The molecule has 3 rings (SSSR count). The lowest BCUT2D eigenvalue weighted by atomic mass is 9.75. The second-order valence-electron chi connectivity index (χ2n) is 8.06. The van der Waals surface area contributed by atoms with Gasteiger partial charge in [-0.1, -0.05) is 32.6 Å². The molecule has 26 heavy (non-hydrogen) atoms. The molecule has 0 aromatic rings. The van der Waals surface area contributed by atoms with Crippen molar-refractivity contribution in [2.75, 3.05) is 6.54 Å². The van der Waals surface area contributed by atoms with E-state index >= 15 is 0 Å². The van der Waals surface area contributed by atoms with Crippen molar-refractivity contribution in [2.24, 2.45) is 5.92 Å². The van der Waals surface area contributed by atoms with Crippen molar-refractivity contribution in [3.05, 3.63) is 0 Å². The molecule has 2 N–H and O–H groups in total. The molecule has 3 aliphatic rings. The molecule has 7 heteroatoms. The zero-order chi connectivity index (χ0) is 18.8. The molecule has 3 fully saturated rings. The first-order valence-electron chi connectivity index (χ1n) is 9.80. The van der Waals surface area contributed by atoms with E-state index in [1.165, 1.54) is 0 Å². The van der Waals surface area contributed by atoms with Crippen LogP contribution in [0.2, 0.25) is 0 Å². The van der Waals surface area contributed by atoms with Crippen LogP contribution in [0.25, 0.3) is 0 Å². The molecule has 0 aromatic carbocycles. The zero-order valence-electron chi connectivity index (χ0n) is 15.5. The molecular formula is C19H28N4O3. The van der Waals surface area contributed by atoms with E-state index in [1.807, 2.05) is 0 Å². The molecule has 2 aliphatic carbocycles. The molecule has 0 atom stereocenters. The summed E-state index contributed by atoms with van der Waals surface area (Å²) < 4.78 is 0. The summed E-state index contributed by atoms with van der Waals surface area (Å²) in [6.45, 7) is 1.83. The lowest BCUT2D eigenvalue weighted by Gasteiger charge is -2.34. The van der Waals surface area contributed by atoms with Crippen molar-refractivity contribution in [3.63, 3.8) is 0 Å². The molecule has 1 saturated heterocycles. The standard InChI is InChI=1S/C19H28N4O3/c1-2-14-6-10-19(11-7-14)16(25)23(17(26)22-19)12-15(24)21-18(13-20)8-4-3-5-9-18/h14H,2-12H2,1H3,(H,21,24)(H,22,26). The Morgan fingerprint density at radius 1 is 1.23 bits per heavy atom. The third-order valence-corrected chi connectivity index (χ3v) is 6.38. The fourth-order valence-corrected chi connectivity index (χ4v) is 4.61. The summed E-state index contributed by atoms with van der Waals surface area (Å²) in [5.74, 6) is -0.123. The van der Waals surface area contributed by atoms with Gasteiger partial charge in [0.25, 0.3) is 5.91 Å². The zero-order valence-corrected chi connectivity index (χ0v) is 15.5. The number of nitrogens with zero attached hydrogens (tertiary/aromatic N) is 2. The highest BCUT2D eigenvalue weighted by atomic mass is 16.2. The average molecular weight is 360 g/mol. The minimum absolute atomic E-state index is 0.290. The first kappa shape index (κ1) is 18.7. The molecule has 0 radical (unpaired) electrons. The molecule has 1 spiro atoms. The Hall–Kier alpha value is -2.10. The number of nitriles is 1. The van der Waals surface area contributed by atoms with Crippen LogP contribution in [0.15, 0.2) is 0 Å². The molecule has 142 valence electrons. The van der Waals surface area contributed by atoms with E-state index in [9.17, 15) is 19.6 Å². The number of urea groups is 1. The summed E-state index contributed by atoms with van der Waals surface area (Å²) in [5, 5.41) is 15.1. The first-order chi connectivity index (χ1) is 12.4. The quantitative estimate of drug-likeness (QED) is 0.750. The van der Waals surface area contributed by atoms with Gasteiger partial charge in [-0.15, -0.1) is 0 Å². The molecule has 0 bridgehead atoms. The molecular weight excluding hydrogens is 332 g/mol. The van der Waals surface area contributed by atoms with Gasteiger partial charge in [-0.2, -0.15) is 5.26 Å². The normalized spacial score (nSPS) is 30.8. The second-order valence-corrected chi connectivity index (χ2v) is 8.06. The summed E-state index contributed by atoms with van der Waals surface area (Å²) in [5.41, 5.74) is -1.69. The van der Waals surface area contributed by atoms with Crippen molar-refractivity contribution in [3.8, 4) is 6.07 Å². The monoisotopic (exact) mass is 360 g/mol. The van der Waals surface area contributed by atoms with Crippen LogP contribution in [-0.2, 0) is 9.59 Å². The number of nitrogens with one attached hydrogen (secondary N) is 2. The fourth-order valence-electron chi connectivity index (χ4n) is 4.61.